The van der Waals surface area contributed by atoms with Crippen LogP contribution in [0.4, 0.5) is 0 Å². The number of carboxylic acid groups (broad SMARTS) is 1. The lowest BCUT2D eigenvalue weighted by molar-refractivity contribution is -0.144. The van der Waals surface area contributed by atoms with Crippen molar-refractivity contribution in [1.29, 1.82) is 0 Å². The first-order valence-electron chi connectivity index (χ1n) is 8.18. The normalized spacial score (nSPS) is 12.4. The fraction of sp³-hybridized carbons (Fsp3) is 0.158. The van der Waals surface area contributed by atoms with E-state index in [-0.39, 0.29) is 5.56 Å². The van der Waals surface area contributed by atoms with Crippen molar-refractivity contribution in [3.05, 3.63) is 67.1 Å². The third-order valence-corrected chi connectivity index (χ3v) is 5.01. The van der Waals surface area contributed by atoms with Gasteiger partial charge in [-0.25, -0.2) is 9.78 Å². The molecule has 1 N–H and O–H groups in total. The highest BCUT2D eigenvalue weighted by atomic mass is 79.9. The van der Waals surface area contributed by atoms with Crippen molar-refractivity contribution >= 4 is 54.9 Å². The Morgan fingerprint density at radius 1 is 1.29 bits per heavy atom. The first-order chi connectivity index (χ1) is 13.3. The first-order valence-corrected chi connectivity index (χ1v) is 9.77. The number of carbonyl (C=O) groups is 1. The monoisotopic (exact) mass is 507 g/mol. The highest BCUT2D eigenvalue weighted by molar-refractivity contribution is 9.10. The Hall–Kier alpha value is -2.52. The first kappa shape index (κ1) is 20.2. The fourth-order valence-corrected chi connectivity index (χ4v) is 3.31. The van der Waals surface area contributed by atoms with E-state index in [9.17, 15) is 9.59 Å². The molecule has 28 heavy (non-hydrogen) atoms. The van der Waals surface area contributed by atoms with Crippen molar-refractivity contribution in [1.82, 2.24) is 9.66 Å². The molecule has 0 saturated carbocycles. The van der Waals surface area contributed by atoms with E-state index >= 15 is 0 Å². The molecule has 0 aliphatic rings. The van der Waals surface area contributed by atoms with Crippen LogP contribution in [0.3, 0.4) is 0 Å². The number of ether oxygens (including phenoxy) is 1. The summed E-state index contributed by atoms with van der Waals surface area (Å²) in [6, 6.07) is 10.4. The van der Waals surface area contributed by atoms with Crippen LogP contribution in [0.25, 0.3) is 10.9 Å². The fourth-order valence-electron chi connectivity index (χ4n) is 2.45. The molecule has 0 spiro atoms. The highest BCUT2D eigenvalue weighted by Crippen LogP contribution is 2.26. The average molecular weight is 509 g/mol. The lowest BCUT2D eigenvalue weighted by atomic mass is 10.2. The summed E-state index contributed by atoms with van der Waals surface area (Å²) in [6.07, 6.45) is 0.551. The molecular weight excluding hydrogens is 494 g/mol. The van der Waals surface area contributed by atoms with E-state index in [0.29, 0.717) is 32.5 Å². The molecule has 7 nitrogen and oxygen atoms in total. The molecule has 144 valence electrons. The topological polar surface area (TPSA) is 93.8 Å². The zero-order chi connectivity index (χ0) is 20.4. The Balaban J connectivity index is 1.93. The van der Waals surface area contributed by atoms with E-state index in [1.807, 2.05) is 6.07 Å². The van der Waals surface area contributed by atoms with Gasteiger partial charge in [0.15, 0.2) is 6.10 Å². The predicted molar refractivity (Wildman–Crippen MR) is 113 cm³/mol. The summed E-state index contributed by atoms with van der Waals surface area (Å²) in [6.45, 7) is 3.16. The number of aryl methyl sites for hydroxylation is 1. The quantitative estimate of drug-likeness (QED) is 0.526. The van der Waals surface area contributed by atoms with Crippen molar-refractivity contribution in [2.75, 3.05) is 0 Å². The van der Waals surface area contributed by atoms with Crippen LogP contribution in [0, 0.1) is 6.92 Å². The van der Waals surface area contributed by atoms with Gasteiger partial charge in [0.05, 0.1) is 21.6 Å². The van der Waals surface area contributed by atoms with Gasteiger partial charge in [-0.3, -0.25) is 4.79 Å². The van der Waals surface area contributed by atoms with Gasteiger partial charge in [0.25, 0.3) is 5.56 Å². The molecule has 1 heterocycles. The number of hydrogen-bond acceptors (Lipinski definition) is 5. The van der Waals surface area contributed by atoms with Gasteiger partial charge in [-0.2, -0.15) is 9.78 Å². The number of carboxylic acids is 1. The van der Waals surface area contributed by atoms with Crippen molar-refractivity contribution < 1.29 is 14.6 Å². The largest absolute Gasteiger partial charge is 0.479 e. The van der Waals surface area contributed by atoms with Gasteiger partial charge >= 0.3 is 5.97 Å². The maximum atomic E-state index is 12.7. The van der Waals surface area contributed by atoms with Gasteiger partial charge in [0.2, 0.25) is 0 Å². The second-order valence-corrected chi connectivity index (χ2v) is 7.74. The molecule has 3 rings (SSSR count). The van der Waals surface area contributed by atoms with Crippen molar-refractivity contribution in [3.8, 4) is 5.75 Å². The van der Waals surface area contributed by atoms with E-state index in [1.165, 1.54) is 17.8 Å². The van der Waals surface area contributed by atoms with Crippen LogP contribution in [0.2, 0.25) is 0 Å². The lowest BCUT2D eigenvalue weighted by Gasteiger charge is -2.12. The van der Waals surface area contributed by atoms with Crippen LogP contribution in [0.1, 0.15) is 18.3 Å². The van der Waals surface area contributed by atoms with Crippen LogP contribution < -0.4 is 10.3 Å². The number of fused-ring (bicyclic) bond motifs is 1. The van der Waals surface area contributed by atoms with Gasteiger partial charge in [-0.15, -0.1) is 0 Å². The van der Waals surface area contributed by atoms with Crippen LogP contribution in [-0.2, 0) is 4.79 Å². The van der Waals surface area contributed by atoms with Gasteiger partial charge in [0, 0.05) is 4.47 Å². The SMILES string of the molecule is Cc1nc2ccc(Br)cc2c(=O)n1N=Cc1ccc(O[C@H](C)C(=O)O)c(Br)c1. The molecule has 2 aromatic carbocycles. The Morgan fingerprint density at radius 3 is 2.71 bits per heavy atom. The zero-order valence-corrected chi connectivity index (χ0v) is 18.1. The molecule has 0 fully saturated rings. The number of aromatic nitrogens is 2. The van der Waals surface area contributed by atoms with Gasteiger partial charge in [-0.1, -0.05) is 15.9 Å². The molecule has 1 atom stereocenters. The Kier molecular flexibility index (Phi) is 5.95. The average Bonchev–Trinajstić information content (AvgIpc) is 2.64. The summed E-state index contributed by atoms with van der Waals surface area (Å²) in [7, 11) is 0. The van der Waals surface area contributed by atoms with Crippen LogP contribution in [0.5, 0.6) is 5.75 Å². The van der Waals surface area contributed by atoms with Gasteiger partial charge < -0.3 is 9.84 Å². The molecule has 0 aliphatic heterocycles. The predicted octanol–water partition coefficient (Wildman–Crippen LogP) is 3.96. The summed E-state index contributed by atoms with van der Waals surface area (Å²) in [4.78, 5) is 28.1. The summed E-state index contributed by atoms with van der Waals surface area (Å²) < 4.78 is 7.96. The zero-order valence-electron chi connectivity index (χ0n) is 14.9. The molecule has 1 aromatic heterocycles. The van der Waals surface area contributed by atoms with Crippen LogP contribution >= 0.6 is 31.9 Å². The molecule has 0 radical (unpaired) electrons. The Labute approximate surface area is 176 Å². The molecule has 0 saturated heterocycles. The lowest BCUT2D eigenvalue weighted by Crippen LogP contribution is -2.23. The maximum absolute atomic E-state index is 12.7. The number of benzene rings is 2. The number of rotatable bonds is 5. The van der Waals surface area contributed by atoms with E-state index in [2.05, 4.69) is 41.9 Å². The van der Waals surface area contributed by atoms with Gasteiger partial charge in [0.1, 0.15) is 11.6 Å². The third kappa shape index (κ3) is 4.31. The molecule has 9 heteroatoms. The maximum Gasteiger partial charge on any atom is 0.344 e. The molecule has 0 amide bonds. The summed E-state index contributed by atoms with van der Waals surface area (Å²) >= 11 is 6.71. The smallest absolute Gasteiger partial charge is 0.344 e. The molecule has 0 aliphatic carbocycles. The number of nitrogens with zero attached hydrogens (tertiary/aromatic N) is 3. The van der Waals surface area contributed by atoms with Crippen LogP contribution in [0.15, 0.2) is 55.2 Å². The number of aliphatic carboxylic acids is 1. The highest BCUT2D eigenvalue weighted by Gasteiger charge is 2.14. The van der Waals surface area contributed by atoms with Crippen LogP contribution in [-0.4, -0.2) is 33.1 Å². The Morgan fingerprint density at radius 2 is 2.04 bits per heavy atom. The summed E-state index contributed by atoms with van der Waals surface area (Å²) in [5.74, 6) is -0.189. The minimum Gasteiger partial charge on any atom is -0.479 e. The van der Waals surface area contributed by atoms with Crippen molar-refractivity contribution in [2.45, 2.75) is 20.0 Å². The minimum absolute atomic E-state index is 0.269. The van der Waals surface area contributed by atoms with Crippen molar-refractivity contribution in [2.24, 2.45) is 5.10 Å². The molecule has 0 unspecified atom stereocenters. The summed E-state index contributed by atoms with van der Waals surface area (Å²) in [5, 5.41) is 13.7. The van der Waals surface area contributed by atoms with E-state index in [4.69, 9.17) is 9.84 Å². The summed E-state index contributed by atoms with van der Waals surface area (Å²) in [5.41, 5.74) is 1.03. The second kappa shape index (κ2) is 8.24. The van der Waals surface area contributed by atoms with E-state index < -0.39 is 12.1 Å². The van der Waals surface area contributed by atoms with E-state index in [1.54, 1.807) is 37.3 Å². The van der Waals surface area contributed by atoms with E-state index in [0.717, 1.165) is 4.47 Å². The minimum atomic E-state index is -1.05. The molecule has 3 aromatic rings. The molecule has 0 bridgehead atoms. The number of hydrogen-bond donors (Lipinski definition) is 1. The standard InChI is InChI=1S/C19H15Br2N3O4/c1-10(19(26)27)28-17-6-3-12(7-15(17)21)9-22-24-11(2)23-16-5-4-13(20)8-14(16)18(24)25/h3-10H,1-2H3,(H,26,27)/t10-/m1/s1. The molecular formula is C19H15Br2N3O4. The number of halogens is 2. The second-order valence-electron chi connectivity index (χ2n) is 5.97. The van der Waals surface area contributed by atoms with Gasteiger partial charge in [-0.05, 0) is 71.7 Å². The van der Waals surface area contributed by atoms with Crippen molar-refractivity contribution in [3.63, 3.8) is 0 Å². The third-order valence-electron chi connectivity index (χ3n) is 3.90. The Bertz CT molecular complexity index is 1160.